The van der Waals surface area contributed by atoms with E-state index in [0.29, 0.717) is 32.2 Å². The highest BCUT2D eigenvalue weighted by Gasteiger charge is 2.33. The fourth-order valence-corrected chi connectivity index (χ4v) is 2.86. The van der Waals surface area contributed by atoms with Crippen LogP contribution in [0.2, 0.25) is 0 Å². The summed E-state index contributed by atoms with van der Waals surface area (Å²) in [6.07, 6.45) is -2.19. The zero-order valence-corrected chi connectivity index (χ0v) is 14.6. The number of halogens is 3. The van der Waals surface area contributed by atoms with Crippen LogP contribution in [0, 0.1) is 0 Å². The van der Waals surface area contributed by atoms with Crippen molar-refractivity contribution in [2.45, 2.75) is 44.7 Å². The minimum atomic E-state index is -4.63. The van der Waals surface area contributed by atoms with Gasteiger partial charge in [-0.05, 0) is 37.5 Å². The van der Waals surface area contributed by atoms with Crippen LogP contribution in [0.3, 0.4) is 0 Å². The number of anilines is 1. The molecule has 0 bridgehead atoms. The minimum Gasteiger partial charge on any atom is -0.481 e. The Bertz CT molecular complexity index is 719. The molecule has 2 rings (SSSR count). The standard InChI is InChI=1S/C18H21F3N2O4/c19-18(20,21)13-9-12(10-14(11-13)23-8-4-5-15(23)24)17(27)22-7-3-1-2-6-16(25)26/h9-11H,1-8H2,(H,22,27)(H,25,26). The molecule has 1 saturated heterocycles. The summed E-state index contributed by atoms with van der Waals surface area (Å²) in [5.41, 5.74) is -1.07. The van der Waals surface area contributed by atoms with Crippen LogP contribution >= 0.6 is 0 Å². The molecule has 1 heterocycles. The summed E-state index contributed by atoms with van der Waals surface area (Å²) < 4.78 is 39.5. The Kier molecular flexibility index (Phi) is 6.81. The molecular weight excluding hydrogens is 365 g/mol. The van der Waals surface area contributed by atoms with Crippen LogP contribution < -0.4 is 10.2 Å². The van der Waals surface area contributed by atoms with Gasteiger partial charge in [0.1, 0.15) is 0 Å². The molecule has 0 spiro atoms. The zero-order valence-electron chi connectivity index (χ0n) is 14.6. The molecule has 2 amide bonds. The van der Waals surface area contributed by atoms with E-state index in [4.69, 9.17) is 5.11 Å². The van der Waals surface area contributed by atoms with E-state index < -0.39 is 23.6 Å². The average Bonchev–Trinajstić information content (AvgIpc) is 3.02. The van der Waals surface area contributed by atoms with Gasteiger partial charge in [-0.15, -0.1) is 0 Å². The van der Waals surface area contributed by atoms with Crippen molar-refractivity contribution in [3.8, 4) is 0 Å². The number of alkyl halides is 3. The summed E-state index contributed by atoms with van der Waals surface area (Å²) >= 11 is 0. The number of nitrogens with zero attached hydrogens (tertiary/aromatic N) is 1. The fourth-order valence-electron chi connectivity index (χ4n) is 2.86. The number of amides is 2. The third-order valence-corrected chi connectivity index (χ3v) is 4.25. The Morgan fingerprint density at radius 2 is 1.89 bits per heavy atom. The first-order valence-electron chi connectivity index (χ1n) is 8.71. The van der Waals surface area contributed by atoms with E-state index in [1.807, 2.05) is 0 Å². The minimum absolute atomic E-state index is 0.0365. The number of benzene rings is 1. The van der Waals surface area contributed by atoms with E-state index >= 15 is 0 Å². The molecule has 27 heavy (non-hydrogen) atoms. The van der Waals surface area contributed by atoms with Gasteiger partial charge in [0.2, 0.25) is 5.91 Å². The Morgan fingerprint density at radius 1 is 1.15 bits per heavy atom. The number of unbranched alkanes of at least 4 members (excludes halogenated alkanes) is 2. The van der Waals surface area contributed by atoms with Crippen molar-refractivity contribution < 1.29 is 32.7 Å². The lowest BCUT2D eigenvalue weighted by Gasteiger charge is -2.19. The molecule has 6 nitrogen and oxygen atoms in total. The molecule has 1 aliphatic heterocycles. The van der Waals surface area contributed by atoms with Crippen molar-refractivity contribution in [2.75, 3.05) is 18.0 Å². The SMILES string of the molecule is O=C(O)CCCCCNC(=O)c1cc(N2CCCC2=O)cc(C(F)(F)F)c1. The second-order valence-corrected chi connectivity index (χ2v) is 6.38. The molecule has 0 atom stereocenters. The summed E-state index contributed by atoms with van der Waals surface area (Å²) in [5.74, 6) is -1.82. The van der Waals surface area contributed by atoms with Crippen molar-refractivity contribution in [1.82, 2.24) is 5.32 Å². The molecule has 2 N–H and O–H groups in total. The monoisotopic (exact) mass is 386 g/mol. The van der Waals surface area contributed by atoms with Crippen LogP contribution in [0.1, 0.15) is 54.4 Å². The lowest BCUT2D eigenvalue weighted by molar-refractivity contribution is -0.138. The number of rotatable bonds is 8. The van der Waals surface area contributed by atoms with Gasteiger partial charge in [0.05, 0.1) is 5.56 Å². The molecule has 148 valence electrons. The maximum atomic E-state index is 13.2. The number of carbonyl (C=O) groups excluding carboxylic acids is 2. The van der Waals surface area contributed by atoms with Gasteiger partial charge in [-0.2, -0.15) is 13.2 Å². The van der Waals surface area contributed by atoms with Crippen molar-refractivity contribution in [2.24, 2.45) is 0 Å². The zero-order chi connectivity index (χ0) is 20.0. The van der Waals surface area contributed by atoms with Crippen LogP contribution in [-0.2, 0) is 15.8 Å². The molecule has 0 aliphatic carbocycles. The molecule has 0 unspecified atom stereocenters. The number of nitrogens with one attached hydrogen (secondary N) is 1. The Balaban J connectivity index is 2.07. The third kappa shape index (κ3) is 5.97. The predicted octanol–water partition coefficient (Wildman–Crippen LogP) is 3.21. The Labute approximate surface area is 154 Å². The number of carboxylic acid groups (broad SMARTS) is 1. The smallest absolute Gasteiger partial charge is 0.416 e. The van der Waals surface area contributed by atoms with Crippen molar-refractivity contribution in [1.29, 1.82) is 0 Å². The second-order valence-electron chi connectivity index (χ2n) is 6.38. The van der Waals surface area contributed by atoms with Gasteiger partial charge in [0.15, 0.2) is 0 Å². The quantitative estimate of drug-likeness (QED) is 0.672. The molecular formula is C18H21F3N2O4. The summed E-state index contributed by atoms with van der Waals surface area (Å²) in [5, 5.41) is 11.1. The van der Waals surface area contributed by atoms with Gasteiger partial charge in [-0.3, -0.25) is 14.4 Å². The fraction of sp³-hybridized carbons (Fsp3) is 0.500. The van der Waals surface area contributed by atoms with E-state index in [1.54, 1.807) is 0 Å². The van der Waals surface area contributed by atoms with E-state index in [0.717, 1.165) is 12.1 Å². The lowest BCUT2D eigenvalue weighted by Crippen LogP contribution is -2.27. The molecule has 1 aliphatic rings. The van der Waals surface area contributed by atoms with Crippen LogP contribution in [0.25, 0.3) is 0 Å². The molecule has 0 aromatic heterocycles. The van der Waals surface area contributed by atoms with Gasteiger partial charge < -0.3 is 15.3 Å². The van der Waals surface area contributed by atoms with Crippen molar-refractivity contribution in [3.05, 3.63) is 29.3 Å². The highest BCUT2D eigenvalue weighted by molar-refractivity contribution is 5.99. The highest BCUT2D eigenvalue weighted by Crippen LogP contribution is 2.34. The molecule has 1 aromatic rings. The van der Waals surface area contributed by atoms with Gasteiger partial charge >= 0.3 is 12.1 Å². The second kappa shape index (κ2) is 8.88. The van der Waals surface area contributed by atoms with Gasteiger partial charge in [0, 0.05) is 37.2 Å². The third-order valence-electron chi connectivity index (χ3n) is 4.25. The summed E-state index contributed by atoms with van der Waals surface area (Å²) in [6.45, 7) is 0.553. The van der Waals surface area contributed by atoms with Crippen LogP contribution in [0.15, 0.2) is 18.2 Å². The molecule has 1 fully saturated rings. The molecule has 0 saturated carbocycles. The van der Waals surface area contributed by atoms with Gasteiger partial charge in [-0.25, -0.2) is 0 Å². The van der Waals surface area contributed by atoms with Crippen molar-refractivity contribution in [3.63, 3.8) is 0 Å². The van der Waals surface area contributed by atoms with Gasteiger partial charge in [0.25, 0.3) is 5.91 Å². The lowest BCUT2D eigenvalue weighted by atomic mass is 10.1. The topological polar surface area (TPSA) is 86.7 Å². The number of carbonyl (C=O) groups is 3. The number of aliphatic carboxylic acids is 1. The Morgan fingerprint density at radius 3 is 2.48 bits per heavy atom. The normalized spacial score (nSPS) is 14.5. The first kappa shape index (κ1) is 20.7. The van der Waals surface area contributed by atoms with Crippen LogP contribution in [0.5, 0.6) is 0 Å². The average molecular weight is 386 g/mol. The van der Waals surface area contributed by atoms with E-state index in [9.17, 15) is 27.6 Å². The number of hydrogen-bond donors (Lipinski definition) is 2. The number of hydrogen-bond acceptors (Lipinski definition) is 3. The summed E-state index contributed by atoms with van der Waals surface area (Å²) in [6, 6.07) is 2.94. The first-order chi connectivity index (χ1) is 12.7. The summed E-state index contributed by atoms with van der Waals surface area (Å²) in [4.78, 5) is 35.8. The number of carboxylic acids is 1. The molecule has 1 aromatic carbocycles. The summed E-state index contributed by atoms with van der Waals surface area (Å²) in [7, 11) is 0. The first-order valence-corrected chi connectivity index (χ1v) is 8.71. The van der Waals surface area contributed by atoms with Crippen LogP contribution in [-0.4, -0.2) is 36.0 Å². The maximum Gasteiger partial charge on any atom is 0.416 e. The Hall–Kier alpha value is -2.58. The van der Waals surface area contributed by atoms with E-state index in [1.165, 1.54) is 11.0 Å². The maximum absolute atomic E-state index is 13.2. The molecule has 0 radical (unpaired) electrons. The van der Waals surface area contributed by atoms with Gasteiger partial charge in [-0.1, -0.05) is 6.42 Å². The molecule has 9 heteroatoms. The predicted molar refractivity (Wildman–Crippen MR) is 91.5 cm³/mol. The van der Waals surface area contributed by atoms with Crippen LogP contribution in [0.4, 0.5) is 18.9 Å². The van der Waals surface area contributed by atoms with E-state index in [2.05, 4.69) is 5.32 Å². The van der Waals surface area contributed by atoms with Crippen molar-refractivity contribution >= 4 is 23.5 Å². The van der Waals surface area contributed by atoms with E-state index in [-0.39, 0.29) is 36.5 Å². The largest absolute Gasteiger partial charge is 0.481 e. The highest BCUT2D eigenvalue weighted by atomic mass is 19.4.